The van der Waals surface area contributed by atoms with Gasteiger partial charge in [-0.05, 0) is 13.0 Å². The number of thioether (sulfide) groups is 1. The number of carbonyl (C=O) groups is 3. The van der Waals surface area contributed by atoms with Crippen LogP contribution in [0.3, 0.4) is 0 Å². The van der Waals surface area contributed by atoms with Crippen LogP contribution in [0.1, 0.15) is 29.3 Å². The minimum Gasteiger partial charge on any atom is -0.481 e. The molecule has 1 unspecified atom stereocenters. The monoisotopic (exact) mass is 280 g/mol. The van der Waals surface area contributed by atoms with Gasteiger partial charge >= 0.3 is 5.97 Å². The molecule has 102 valence electrons. The summed E-state index contributed by atoms with van der Waals surface area (Å²) in [5.41, 5.74) is 1.47. The van der Waals surface area contributed by atoms with Crippen LogP contribution in [0, 0.1) is 12.8 Å². The van der Waals surface area contributed by atoms with Crippen molar-refractivity contribution in [1.82, 2.24) is 0 Å². The lowest BCUT2D eigenvalue weighted by Gasteiger charge is -2.10. The van der Waals surface area contributed by atoms with Crippen molar-refractivity contribution >= 4 is 28.6 Å². The van der Waals surface area contributed by atoms with Crippen molar-refractivity contribution < 1.29 is 19.5 Å². The summed E-state index contributed by atoms with van der Waals surface area (Å²) < 4.78 is 0. The summed E-state index contributed by atoms with van der Waals surface area (Å²) in [6, 6.07) is 7.05. The molecule has 4 nitrogen and oxygen atoms in total. The van der Waals surface area contributed by atoms with Gasteiger partial charge in [0.25, 0.3) is 0 Å². The molecule has 0 amide bonds. The Morgan fingerprint density at radius 3 is 2.53 bits per heavy atom. The highest BCUT2D eigenvalue weighted by atomic mass is 32.2. The van der Waals surface area contributed by atoms with E-state index >= 15 is 0 Å². The number of carboxylic acid groups (broad SMARTS) is 1. The zero-order chi connectivity index (χ0) is 14.4. The number of aliphatic carboxylic acids is 1. The van der Waals surface area contributed by atoms with E-state index < -0.39 is 11.9 Å². The zero-order valence-electron chi connectivity index (χ0n) is 10.9. The summed E-state index contributed by atoms with van der Waals surface area (Å²) in [4.78, 5) is 33.9. The molecule has 1 aromatic rings. The van der Waals surface area contributed by atoms with E-state index in [4.69, 9.17) is 5.11 Å². The molecule has 0 spiro atoms. The van der Waals surface area contributed by atoms with E-state index in [1.807, 2.05) is 13.0 Å². The molecule has 0 saturated carbocycles. The molecule has 0 bridgehead atoms. The molecule has 0 heterocycles. The fraction of sp³-hybridized carbons (Fsp3) is 0.357. The first-order valence-electron chi connectivity index (χ1n) is 5.86. The van der Waals surface area contributed by atoms with Crippen molar-refractivity contribution in [1.29, 1.82) is 0 Å². The van der Waals surface area contributed by atoms with E-state index in [-0.39, 0.29) is 23.1 Å². The second-order valence-corrected chi connectivity index (χ2v) is 5.53. The van der Waals surface area contributed by atoms with Crippen molar-refractivity contribution in [2.24, 2.45) is 5.92 Å². The quantitative estimate of drug-likeness (QED) is 0.811. The Morgan fingerprint density at radius 1 is 1.32 bits per heavy atom. The van der Waals surface area contributed by atoms with Crippen LogP contribution in [-0.2, 0) is 9.59 Å². The minimum atomic E-state index is -1.05. The fourth-order valence-corrected chi connectivity index (χ4v) is 2.29. The molecule has 0 aliphatic heterocycles. The summed E-state index contributed by atoms with van der Waals surface area (Å²) in [7, 11) is 0. The summed E-state index contributed by atoms with van der Waals surface area (Å²) in [5, 5.41) is 8.92. The molecule has 0 aliphatic carbocycles. The van der Waals surface area contributed by atoms with E-state index in [0.717, 1.165) is 17.3 Å². The summed E-state index contributed by atoms with van der Waals surface area (Å²) >= 11 is 0.936. The van der Waals surface area contributed by atoms with E-state index in [1.54, 1.807) is 18.2 Å². The van der Waals surface area contributed by atoms with Gasteiger partial charge in [0.1, 0.15) is 0 Å². The molecule has 0 aromatic heterocycles. The average Bonchev–Trinajstić information content (AvgIpc) is 2.33. The molecular formula is C14H16O4S. The molecule has 0 saturated heterocycles. The maximum absolute atomic E-state index is 12.0. The van der Waals surface area contributed by atoms with Gasteiger partial charge in [-0.3, -0.25) is 14.4 Å². The summed E-state index contributed by atoms with van der Waals surface area (Å²) in [6.45, 7) is 3.25. The first-order chi connectivity index (χ1) is 8.90. The van der Waals surface area contributed by atoms with Crippen molar-refractivity contribution in [3.8, 4) is 0 Å². The highest BCUT2D eigenvalue weighted by Gasteiger charge is 2.22. The van der Waals surface area contributed by atoms with Crippen molar-refractivity contribution in [2.45, 2.75) is 20.3 Å². The van der Waals surface area contributed by atoms with Gasteiger partial charge in [0.2, 0.25) is 0 Å². The number of carboxylic acids is 1. The number of Topliss-reactive ketones (excluding diaryl/α,β-unsaturated/α-hetero) is 1. The van der Waals surface area contributed by atoms with Crippen LogP contribution in [0.4, 0.5) is 0 Å². The Morgan fingerprint density at radius 2 is 2.00 bits per heavy atom. The number of carbonyl (C=O) groups excluding carboxylic acids is 2. The maximum Gasteiger partial charge on any atom is 0.307 e. The van der Waals surface area contributed by atoms with Gasteiger partial charge in [0, 0.05) is 24.7 Å². The number of benzene rings is 1. The molecular weight excluding hydrogens is 264 g/mol. The standard InChI is InChI=1S/C14H16O4S/c1-9-4-3-5-11(6-9)13(16)7-12(14(17)18)8-19-10(2)15/h3-6,12H,7-8H2,1-2H3,(H,17,18). The normalized spacial score (nSPS) is 11.9. The topological polar surface area (TPSA) is 71.4 Å². The van der Waals surface area contributed by atoms with Crippen molar-refractivity contribution in [3.63, 3.8) is 0 Å². The molecule has 1 aromatic carbocycles. The third-order valence-electron chi connectivity index (χ3n) is 2.61. The zero-order valence-corrected chi connectivity index (χ0v) is 11.7. The molecule has 1 N–H and O–H groups in total. The first-order valence-corrected chi connectivity index (χ1v) is 6.84. The summed E-state index contributed by atoms with van der Waals surface area (Å²) in [5.74, 6) is -1.96. The van der Waals surface area contributed by atoms with Crippen LogP contribution < -0.4 is 0 Å². The van der Waals surface area contributed by atoms with Gasteiger partial charge in [0.15, 0.2) is 10.9 Å². The molecule has 1 rings (SSSR count). The highest BCUT2D eigenvalue weighted by Crippen LogP contribution is 2.17. The predicted molar refractivity (Wildman–Crippen MR) is 74.4 cm³/mol. The lowest BCUT2D eigenvalue weighted by atomic mass is 9.99. The number of ketones is 1. The average molecular weight is 280 g/mol. The third kappa shape index (κ3) is 5.26. The summed E-state index contributed by atoms with van der Waals surface area (Å²) in [6.07, 6.45) is -0.0843. The minimum absolute atomic E-state index is 0.0843. The maximum atomic E-state index is 12.0. The Kier molecular flexibility index (Phi) is 5.76. The van der Waals surface area contributed by atoms with Crippen LogP contribution in [0.2, 0.25) is 0 Å². The Balaban J connectivity index is 2.71. The lowest BCUT2D eigenvalue weighted by molar-refractivity contribution is -0.140. The van der Waals surface area contributed by atoms with Gasteiger partial charge in [0.05, 0.1) is 5.92 Å². The van der Waals surface area contributed by atoms with Crippen LogP contribution >= 0.6 is 11.8 Å². The van der Waals surface area contributed by atoms with Gasteiger partial charge in [-0.2, -0.15) is 0 Å². The van der Waals surface area contributed by atoms with Crippen molar-refractivity contribution in [3.05, 3.63) is 35.4 Å². The second kappa shape index (κ2) is 7.09. The molecule has 1 atom stereocenters. The molecule has 19 heavy (non-hydrogen) atoms. The van der Waals surface area contributed by atoms with Crippen molar-refractivity contribution in [2.75, 3.05) is 5.75 Å². The van der Waals surface area contributed by atoms with E-state index in [9.17, 15) is 14.4 Å². The van der Waals surface area contributed by atoms with Crippen LogP contribution in [0.5, 0.6) is 0 Å². The Hall–Kier alpha value is -1.62. The fourth-order valence-electron chi connectivity index (χ4n) is 1.60. The SMILES string of the molecule is CC(=O)SCC(CC(=O)c1cccc(C)c1)C(=O)O. The first kappa shape index (κ1) is 15.4. The van der Waals surface area contributed by atoms with Gasteiger partial charge < -0.3 is 5.11 Å². The molecule has 0 radical (unpaired) electrons. The Bertz CT molecular complexity index is 496. The lowest BCUT2D eigenvalue weighted by Crippen LogP contribution is -2.21. The predicted octanol–water partition coefficient (Wildman–Crippen LogP) is 2.55. The Labute approximate surface area is 116 Å². The van der Waals surface area contributed by atoms with Crippen LogP contribution in [0.25, 0.3) is 0 Å². The van der Waals surface area contributed by atoms with Gasteiger partial charge in [-0.15, -0.1) is 0 Å². The van der Waals surface area contributed by atoms with E-state index in [0.29, 0.717) is 5.56 Å². The number of hydrogen-bond donors (Lipinski definition) is 1. The smallest absolute Gasteiger partial charge is 0.307 e. The second-order valence-electron chi connectivity index (χ2n) is 4.33. The number of rotatable bonds is 6. The van der Waals surface area contributed by atoms with Gasteiger partial charge in [-0.1, -0.05) is 35.5 Å². The van der Waals surface area contributed by atoms with Crippen LogP contribution in [0.15, 0.2) is 24.3 Å². The number of aryl methyl sites for hydroxylation is 1. The third-order valence-corrected chi connectivity index (χ3v) is 3.58. The van der Waals surface area contributed by atoms with Gasteiger partial charge in [-0.25, -0.2) is 0 Å². The molecule has 5 heteroatoms. The largest absolute Gasteiger partial charge is 0.481 e. The highest BCUT2D eigenvalue weighted by molar-refractivity contribution is 8.13. The van der Waals surface area contributed by atoms with Crippen LogP contribution in [-0.4, -0.2) is 27.7 Å². The molecule has 0 fully saturated rings. The van der Waals surface area contributed by atoms with E-state index in [1.165, 1.54) is 6.92 Å². The number of hydrogen-bond acceptors (Lipinski definition) is 4. The molecule has 0 aliphatic rings. The van der Waals surface area contributed by atoms with E-state index in [2.05, 4.69) is 0 Å².